The Hall–Kier alpha value is -2.15. The van der Waals surface area contributed by atoms with E-state index in [2.05, 4.69) is 17.2 Å². The second-order valence-corrected chi connectivity index (χ2v) is 6.39. The van der Waals surface area contributed by atoms with Gasteiger partial charge in [0.15, 0.2) is 5.69 Å². The predicted octanol–water partition coefficient (Wildman–Crippen LogP) is 2.86. The maximum Gasteiger partial charge on any atom is 0.302 e. The fourth-order valence-corrected chi connectivity index (χ4v) is 2.99. The minimum Gasteiger partial charge on any atom is -0.431 e. The van der Waals surface area contributed by atoms with Gasteiger partial charge in [0.1, 0.15) is 6.26 Å². The Morgan fingerprint density at radius 1 is 1.41 bits per heavy atom. The highest BCUT2D eigenvalue weighted by Gasteiger charge is 2.24. The minimum atomic E-state index is -0.289. The molecule has 1 fully saturated rings. The van der Waals surface area contributed by atoms with Crippen molar-refractivity contribution in [3.8, 4) is 0 Å². The largest absolute Gasteiger partial charge is 0.431 e. The smallest absolute Gasteiger partial charge is 0.302 e. The standard InChI is InChI=1S/C15H17N3O3S/c1-10-4-6-18(7-5-10)14(20)11-9-21-15(16-11)17-13(19)12-3-2-8-22-12/h2-3,8-10H,4-7H2,1H3,(H,16,17,19). The zero-order chi connectivity index (χ0) is 15.5. The molecule has 0 aromatic carbocycles. The first kappa shape index (κ1) is 14.8. The van der Waals surface area contributed by atoms with Crippen LogP contribution in [-0.2, 0) is 0 Å². The molecule has 0 unspecified atom stereocenters. The molecule has 1 N–H and O–H groups in total. The summed E-state index contributed by atoms with van der Waals surface area (Å²) in [5.41, 5.74) is 0.232. The summed E-state index contributed by atoms with van der Waals surface area (Å²) >= 11 is 1.33. The first-order valence-electron chi connectivity index (χ1n) is 7.23. The van der Waals surface area contributed by atoms with Gasteiger partial charge in [-0.05, 0) is 30.2 Å². The van der Waals surface area contributed by atoms with Crippen LogP contribution in [-0.4, -0.2) is 34.8 Å². The molecular weight excluding hydrogens is 302 g/mol. The summed E-state index contributed by atoms with van der Waals surface area (Å²) in [5, 5.41) is 4.37. The van der Waals surface area contributed by atoms with Gasteiger partial charge >= 0.3 is 6.01 Å². The van der Waals surface area contributed by atoms with Gasteiger partial charge in [-0.3, -0.25) is 14.9 Å². The number of oxazole rings is 1. The van der Waals surface area contributed by atoms with Crippen LogP contribution in [0.2, 0.25) is 0 Å². The number of hydrogen-bond donors (Lipinski definition) is 1. The number of piperidine rings is 1. The Labute approximate surface area is 132 Å². The number of carbonyl (C=O) groups excluding carboxylic acids is 2. The van der Waals surface area contributed by atoms with Gasteiger partial charge in [-0.25, -0.2) is 0 Å². The van der Waals surface area contributed by atoms with Gasteiger partial charge < -0.3 is 9.32 Å². The summed E-state index contributed by atoms with van der Waals surface area (Å²) in [5.74, 6) is 0.219. The molecule has 0 atom stereocenters. The van der Waals surface area contributed by atoms with E-state index in [1.165, 1.54) is 17.6 Å². The molecule has 7 heteroatoms. The Morgan fingerprint density at radius 2 is 2.18 bits per heavy atom. The molecule has 2 aromatic heterocycles. The number of hydrogen-bond acceptors (Lipinski definition) is 5. The second-order valence-electron chi connectivity index (χ2n) is 5.44. The Kier molecular flexibility index (Phi) is 4.24. The van der Waals surface area contributed by atoms with Crippen molar-refractivity contribution in [2.75, 3.05) is 18.4 Å². The summed E-state index contributed by atoms with van der Waals surface area (Å²) in [6, 6.07) is 3.55. The highest BCUT2D eigenvalue weighted by atomic mass is 32.1. The first-order chi connectivity index (χ1) is 10.6. The van der Waals surface area contributed by atoms with E-state index < -0.39 is 0 Å². The van der Waals surface area contributed by atoms with Gasteiger partial charge in [0.05, 0.1) is 4.88 Å². The Bertz CT molecular complexity index is 657. The van der Waals surface area contributed by atoms with Gasteiger partial charge in [-0.1, -0.05) is 13.0 Å². The van der Waals surface area contributed by atoms with Crippen LogP contribution in [0.15, 0.2) is 28.2 Å². The van der Waals surface area contributed by atoms with Gasteiger partial charge in [-0.15, -0.1) is 11.3 Å². The molecule has 2 aromatic rings. The molecule has 0 aliphatic carbocycles. The summed E-state index contributed by atoms with van der Waals surface area (Å²) < 4.78 is 5.18. The predicted molar refractivity (Wildman–Crippen MR) is 83.1 cm³/mol. The summed E-state index contributed by atoms with van der Waals surface area (Å²) in [7, 11) is 0. The molecule has 1 saturated heterocycles. The molecule has 22 heavy (non-hydrogen) atoms. The first-order valence-corrected chi connectivity index (χ1v) is 8.11. The number of carbonyl (C=O) groups is 2. The summed E-state index contributed by atoms with van der Waals surface area (Å²) in [4.78, 5) is 30.6. The van der Waals surface area contributed by atoms with Crippen molar-refractivity contribution in [3.05, 3.63) is 34.3 Å². The van der Waals surface area contributed by atoms with Gasteiger partial charge in [0, 0.05) is 13.1 Å². The van der Waals surface area contributed by atoms with Gasteiger partial charge in [0.2, 0.25) is 0 Å². The highest BCUT2D eigenvalue weighted by Crippen LogP contribution is 2.19. The molecule has 0 radical (unpaired) electrons. The van der Waals surface area contributed by atoms with Crippen molar-refractivity contribution >= 4 is 29.2 Å². The van der Waals surface area contributed by atoms with Crippen molar-refractivity contribution in [1.29, 1.82) is 0 Å². The highest BCUT2D eigenvalue weighted by molar-refractivity contribution is 7.12. The Balaban J connectivity index is 1.63. The lowest BCUT2D eigenvalue weighted by molar-refractivity contribution is 0.0691. The number of anilines is 1. The lowest BCUT2D eigenvalue weighted by Crippen LogP contribution is -2.38. The van der Waals surface area contributed by atoms with E-state index in [1.54, 1.807) is 17.0 Å². The van der Waals surface area contributed by atoms with Crippen LogP contribution in [0, 0.1) is 5.92 Å². The van der Waals surface area contributed by atoms with Crippen molar-refractivity contribution < 1.29 is 14.0 Å². The minimum absolute atomic E-state index is 0.0483. The number of likely N-dealkylation sites (tertiary alicyclic amines) is 1. The Morgan fingerprint density at radius 3 is 2.86 bits per heavy atom. The van der Waals surface area contributed by atoms with Crippen LogP contribution < -0.4 is 5.32 Å². The van der Waals surface area contributed by atoms with Gasteiger partial charge in [0.25, 0.3) is 11.8 Å². The molecule has 3 heterocycles. The molecular formula is C15H17N3O3S. The van der Waals surface area contributed by atoms with Crippen molar-refractivity contribution in [3.63, 3.8) is 0 Å². The summed E-state index contributed by atoms with van der Waals surface area (Å²) in [6.45, 7) is 3.67. The molecule has 2 amide bonds. The molecule has 3 rings (SSSR count). The van der Waals surface area contributed by atoms with Gasteiger partial charge in [-0.2, -0.15) is 4.98 Å². The van der Waals surface area contributed by atoms with E-state index >= 15 is 0 Å². The number of rotatable bonds is 3. The molecule has 6 nitrogen and oxygen atoms in total. The third-order valence-electron chi connectivity index (χ3n) is 3.76. The normalized spacial score (nSPS) is 15.8. The van der Waals surface area contributed by atoms with E-state index in [1.807, 2.05) is 5.38 Å². The molecule has 116 valence electrons. The van der Waals surface area contributed by atoms with Crippen LogP contribution in [0.1, 0.15) is 39.9 Å². The number of aromatic nitrogens is 1. The molecule has 1 aliphatic heterocycles. The lowest BCUT2D eigenvalue weighted by atomic mass is 9.99. The van der Waals surface area contributed by atoms with Crippen LogP contribution in [0.5, 0.6) is 0 Å². The van der Waals surface area contributed by atoms with E-state index in [0.717, 1.165) is 25.9 Å². The fourth-order valence-electron chi connectivity index (χ4n) is 2.37. The fraction of sp³-hybridized carbons (Fsp3) is 0.400. The van der Waals surface area contributed by atoms with E-state index in [-0.39, 0.29) is 23.5 Å². The average molecular weight is 319 g/mol. The zero-order valence-corrected chi connectivity index (χ0v) is 13.1. The third-order valence-corrected chi connectivity index (χ3v) is 4.63. The molecule has 0 bridgehead atoms. The number of amides is 2. The summed E-state index contributed by atoms with van der Waals surface area (Å²) in [6.07, 6.45) is 3.31. The van der Waals surface area contributed by atoms with E-state index in [9.17, 15) is 9.59 Å². The average Bonchev–Trinajstić information content (AvgIpc) is 3.19. The van der Waals surface area contributed by atoms with Crippen LogP contribution in [0.25, 0.3) is 0 Å². The van der Waals surface area contributed by atoms with Crippen LogP contribution in [0.4, 0.5) is 6.01 Å². The zero-order valence-electron chi connectivity index (χ0n) is 12.2. The van der Waals surface area contributed by atoms with Crippen LogP contribution in [0.3, 0.4) is 0 Å². The van der Waals surface area contributed by atoms with Crippen molar-refractivity contribution in [2.45, 2.75) is 19.8 Å². The van der Waals surface area contributed by atoms with E-state index in [0.29, 0.717) is 10.8 Å². The van der Waals surface area contributed by atoms with Crippen molar-refractivity contribution in [1.82, 2.24) is 9.88 Å². The SMILES string of the molecule is CC1CCN(C(=O)c2coc(NC(=O)c3cccs3)n2)CC1. The quantitative estimate of drug-likeness (QED) is 0.944. The monoisotopic (exact) mass is 319 g/mol. The maximum atomic E-state index is 12.3. The maximum absolute atomic E-state index is 12.3. The second kappa shape index (κ2) is 6.31. The number of nitrogens with zero attached hydrogens (tertiary/aromatic N) is 2. The molecule has 0 saturated carbocycles. The number of thiophene rings is 1. The molecule has 1 aliphatic rings. The van der Waals surface area contributed by atoms with E-state index in [4.69, 9.17) is 4.42 Å². The number of nitrogens with one attached hydrogen (secondary N) is 1. The molecule has 0 spiro atoms. The topological polar surface area (TPSA) is 75.4 Å². The van der Waals surface area contributed by atoms with Crippen LogP contribution >= 0.6 is 11.3 Å². The lowest BCUT2D eigenvalue weighted by Gasteiger charge is -2.29. The van der Waals surface area contributed by atoms with Crippen molar-refractivity contribution in [2.24, 2.45) is 5.92 Å². The third kappa shape index (κ3) is 3.19.